The van der Waals surface area contributed by atoms with Gasteiger partial charge < -0.3 is 10.8 Å². The van der Waals surface area contributed by atoms with Crippen LogP contribution in [0.4, 0.5) is 5.82 Å². The number of carboxylic acid groups (broad SMARTS) is 1. The standard InChI is InChI=1S/C10H8BrN3O2/c11-5-1-2-7-6(3-5)10(12)14-8(13-7)4-9(15)16/h1-3H,4H2,(H,15,16)(H2,12,13,14). The third-order valence-electron chi connectivity index (χ3n) is 2.04. The lowest BCUT2D eigenvalue weighted by Gasteiger charge is -2.04. The number of nitrogen functional groups attached to an aromatic ring is 1. The van der Waals surface area contributed by atoms with E-state index in [9.17, 15) is 4.79 Å². The Morgan fingerprint density at radius 2 is 2.19 bits per heavy atom. The van der Waals surface area contributed by atoms with Crippen molar-refractivity contribution in [1.82, 2.24) is 9.97 Å². The molecule has 3 N–H and O–H groups in total. The predicted octanol–water partition coefficient (Wildman–Crippen LogP) is 1.60. The number of aliphatic carboxylic acids is 1. The van der Waals surface area contributed by atoms with Crippen LogP contribution in [-0.4, -0.2) is 21.0 Å². The molecule has 0 aliphatic heterocycles. The van der Waals surface area contributed by atoms with Crippen molar-refractivity contribution in [1.29, 1.82) is 0 Å². The van der Waals surface area contributed by atoms with E-state index >= 15 is 0 Å². The molecule has 2 aromatic rings. The van der Waals surface area contributed by atoms with Crippen LogP contribution in [0.1, 0.15) is 5.82 Å². The predicted molar refractivity (Wildman–Crippen MR) is 63.0 cm³/mol. The number of rotatable bonds is 2. The maximum absolute atomic E-state index is 10.5. The smallest absolute Gasteiger partial charge is 0.311 e. The molecule has 82 valence electrons. The number of anilines is 1. The van der Waals surface area contributed by atoms with E-state index in [1.54, 1.807) is 12.1 Å². The molecule has 6 heteroatoms. The fourth-order valence-corrected chi connectivity index (χ4v) is 1.75. The van der Waals surface area contributed by atoms with Gasteiger partial charge in [-0.2, -0.15) is 0 Å². The number of nitrogens with two attached hydrogens (primary N) is 1. The lowest BCUT2D eigenvalue weighted by atomic mass is 10.2. The number of hydrogen-bond donors (Lipinski definition) is 2. The number of carboxylic acids is 1. The molecule has 2 rings (SSSR count). The lowest BCUT2D eigenvalue weighted by molar-refractivity contribution is -0.136. The highest BCUT2D eigenvalue weighted by Gasteiger charge is 2.08. The molecule has 0 fully saturated rings. The summed E-state index contributed by atoms with van der Waals surface area (Å²) in [6, 6.07) is 5.39. The molecule has 16 heavy (non-hydrogen) atoms. The van der Waals surface area contributed by atoms with Crippen molar-refractivity contribution in [3.05, 3.63) is 28.5 Å². The first-order chi connectivity index (χ1) is 7.56. The third kappa shape index (κ3) is 2.11. The van der Waals surface area contributed by atoms with Crippen molar-refractivity contribution in [2.45, 2.75) is 6.42 Å². The largest absolute Gasteiger partial charge is 0.481 e. The number of benzene rings is 1. The quantitative estimate of drug-likeness (QED) is 0.873. The van der Waals surface area contributed by atoms with Crippen LogP contribution in [0.2, 0.25) is 0 Å². The van der Waals surface area contributed by atoms with Gasteiger partial charge in [0.25, 0.3) is 0 Å². The zero-order valence-electron chi connectivity index (χ0n) is 8.14. The van der Waals surface area contributed by atoms with Crippen molar-refractivity contribution in [3.8, 4) is 0 Å². The zero-order chi connectivity index (χ0) is 11.7. The Morgan fingerprint density at radius 3 is 2.88 bits per heavy atom. The summed E-state index contributed by atoms with van der Waals surface area (Å²) in [5.74, 6) is -0.460. The van der Waals surface area contributed by atoms with E-state index in [0.29, 0.717) is 16.7 Å². The molecule has 1 aromatic carbocycles. The maximum Gasteiger partial charge on any atom is 0.311 e. The zero-order valence-corrected chi connectivity index (χ0v) is 9.73. The van der Waals surface area contributed by atoms with Crippen molar-refractivity contribution in [2.24, 2.45) is 0 Å². The molecule has 0 saturated carbocycles. The van der Waals surface area contributed by atoms with E-state index in [1.807, 2.05) is 6.07 Å². The van der Waals surface area contributed by atoms with Gasteiger partial charge in [0.1, 0.15) is 18.1 Å². The Hall–Kier alpha value is -1.69. The second kappa shape index (κ2) is 4.05. The van der Waals surface area contributed by atoms with Crippen LogP contribution in [-0.2, 0) is 11.2 Å². The molecule has 0 bridgehead atoms. The maximum atomic E-state index is 10.5. The number of hydrogen-bond acceptors (Lipinski definition) is 4. The summed E-state index contributed by atoms with van der Waals surface area (Å²) in [6.45, 7) is 0. The first-order valence-electron chi connectivity index (χ1n) is 4.49. The van der Waals surface area contributed by atoms with Gasteiger partial charge in [-0.3, -0.25) is 4.79 Å². The molecule has 0 spiro atoms. The number of aromatic nitrogens is 2. The molecule has 1 heterocycles. The molecule has 0 unspecified atom stereocenters. The van der Waals surface area contributed by atoms with Gasteiger partial charge in [0.15, 0.2) is 0 Å². The van der Waals surface area contributed by atoms with Crippen LogP contribution in [0.5, 0.6) is 0 Å². The van der Waals surface area contributed by atoms with Crippen molar-refractivity contribution in [2.75, 3.05) is 5.73 Å². The SMILES string of the molecule is Nc1nc(CC(=O)O)nc2ccc(Br)cc12. The molecular weight excluding hydrogens is 274 g/mol. The van der Waals surface area contributed by atoms with Gasteiger partial charge in [-0.1, -0.05) is 15.9 Å². The van der Waals surface area contributed by atoms with Gasteiger partial charge in [0.2, 0.25) is 0 Å². The number of nitrogens with zero attached hydrogens (tertiary/aromatic N) is 2. The fourth-order valence-electron chi connectivity index (χ4n) is 1.39. The molecule has 0 aliphatic carbocycles. The van der Waals surface area contributed by atoms with Crippen LogP contribution in [0, 0.1) is 0 Å². The van der Waals surface area contributed by atoms with Crippen LogP contribution in [0.25, 0.3) is 10.9 Å². The Bertz CT molecular complexity index is 571. The molecule has 1 aromatic heterocycles. The molecule has 0 saturated heterocycles. The molecule has 5 nitrogen and oxygen atoms in total. The molecule has 0 radical (unpaired) electrons. The van der Waals surface area contributed by atoms with Crippen molar-refractivity contribution < 1.29 is 9.90 Å². The minimum absolute atomic E-state index is 0.222. The third-order valence-corrected chi connectivity index (χ3v) is 2.54. The highest BCUT2D eigenvalue weighted by Crippen LogP contribution is 2.22. The second-order valence-electron chi connectivity index (χ2n) is 3.26. The second-order valence-corrected chi connectivity index (χ2v) is 4.17. The van der Waals surface area contributed by atoms with E-state index in [1.165, 1.54) is 0 Å². The van der Waals surface area contributed by atoms with Gasteiger partial charge in [-0.25, -0.2) is 9.97 Å². The normalized spacial score (nSPS) is 10.6. The Labute approximate surface area is 99.4 Å². The number of fused-ring (bicyclic) bond motifs is 1. The first-order valence-corrected chi connectivity index (χ1v) is 5.29. The van der Waals surface area contributed by atoms with Gasteiger partial charge >= 0.3 is 5.97 Å². The summed E-state index contributed by atoms with van der Waals surface area (Å²) in [5.41, 5.74) is 6.38. The topological polar surface area (TPSA) is 89.1 Å². The Kier molecular flexibility index (Phi) is 2.74. The summed E-state index contributed by atoms with van der Waals surface area (Å²) >= 11 is 3.32. The van der Waals surface area contributed by atoms with E-state index in [2.05, 4.69) is 25.9 Å². The minimum Gasteiger partial charge on any atom is -0.481 e. The molecular formula is C10H8BrN3O2. The van der Waals surface area contributed by atoms with Crippen LogP contribution in [0.15, 0.2) is 22.7 Å². The van der Waals surface area contributed by atoms with Gasteiger partial charge in [-0.05, 0) is 18.2 Å². The fraction of sp³-hybridized carbons (Fsp3) is 0.100. The van der Waals surface area contributed by atoms with Crippen LogP contribution < -0.4 is 5.73 Å². The Balaban J connectivity index is 2.59. The minimum atomic E-state index is -0.976. The van der Waals surface area contributed by atoms with Gasteiger partial charge in [0.05, 0.1) is 5.52 Å². The van der Waals surface area contributed by atoms with Gasteiger partial charge in [0, 0.05) is 9.86 Å². The highest BCUT2D eigenvalue weighted by atomic mass is 79.9. The van der Waals surface area contributed by atoms with Crippen molar-refractivity contribution in [3.63, 3.8) is 0 Å². The van der Waals surface area contributed by atoms with Gasteiger partial charge in [-0.15, -0.1) is 0 Å². The number of carbonyl (C=O) groups is 1. The van der Waals surface area contributed by atoms with Crippen LogP contribution in [0.3, 0.4) is 0 Å². The summed E-state index contributed by atoms with van der Waals surface area (Å²) in [6.07, 6.45) is -0.226. The monoisotopic (exact) mass is 281 g/mol. The molecule has 0 aliphatic rings. The highest BCUT2D eigenvalue weighted by molar-refractivity contribution is 9.10. The summed E-state index contributed by atoms with van der Waals surface area (Å²) in [7, 11) is 0. The molecule has 0 atom stereocenters. The van der Waals surface area contributed by atoms with E-state index in [0.717, 1.165) is 4.47 Å². The average Bonchev–Trinajstić information content (AvgIpc) is 2.18. The average molecular weight is 282 g/mol. The summed E-state index contributed by atoms with van der Waals surface area (Å²) < 4.78 is 0.876. The lowest BCUT2D eigenvalue weighted by Crippen LogP contribution is -2.07. The summed E-state index contributed by atoms with van der Waals surface area (Å²) in [5, 5.41) is 9.36. The van der Waals surface area contributed by atoms with Crippen molar-refractivity contribution >= 4 is 38.6 Å². The summed E-state index contributed by atoms with van der Waals surface area (Å²) in [4.78, 5) is 18.6. The van der Waals surface area contributed by atoms with Crippen LogP contribution >= 0.6 is 15.9 Å². The van der Waals surface area contributed by atoms with E-state index in [-0.39, 0.29) is 12.2 Å². The molecule has 0 amide bonds. The van der Waals surface area contributed by atoms with E-state index < -0.39 is 5.97 Å². The first kappa shape index (κ1) is 10.8. The van der Waals surface area contributed by atoms with E-state index in [4.69, 9.17) is 10.8 Å². The number of halogens is 1. The Morgan fingerprint density at radius 1 is 1.44 bits per heavy atom.